The zero-order valence-corrected chi connectivity index (χ0v) is 14.0. The van der Waals surface area contributed by atoms with Crippen molar-refractivity contribution in [1.82, 2.24) is 15.2 Å². The fourth-order valence-corrected chi connectivity index (χ4v) is 4.06. The average molecular weight is 336 g/mol. The molecule has 0 saturated carbocycles. The molecule has 1 aliphatic rings. The van der Waals surface area contributed by atoms with Gasteiger partial charge >= 0.3 is 0 Å². The maximum atomic E-state index is 11.1. The number of likely N-dealkylation sites (tertiary alicyclic amines) is 1. The van der Waals surface area contributed by atoms with Gasteiger partial charge in [0.2, 0.25) is 5.91 Å². The van der Waals surface area contributed by atoms with Gasteiger partial charge in [-0.15, -0.1) is 22.7 Å². The first-order chi connectivity index (χ1) is 10.7. The summed E-state index contributed by atoms with van der Waals surface area (Å²) < 4.78 is 0. The van der Waals surface area contributed by atoms with Gasteiger partial charge in [0, 0.05) is 47.9 Å². The Kier molecular flexibility index (Phi) is 5.20. The van der Waals surface area contributed by atoms with E-state index in [-0.39, 0.29) is 5.91 Å². The molecule has 0 unspecified atom stereocenters. The molecule has 2 aromatic rings. The molecule has 0 aliphatic carbocycles. The summed E-state index contributed by atoms with van der Waals surface area (Å²) in [7, 11) is 0. The second-order valence-corrected chi connectivity index (χ2v) is 7.29. The lowest BCUT2D eigenvalue weighted by Crippen LogP contribution is -2.41. The highest BCUT2D eigenvalue weighted by molar-refractivity contribution is 7.10. The first kappa shape index (κ1) is 15.6. The van der Waals surface area contributed by atoms with E-state index in [1.165, 1.54) is 10.6 Å². The summed E-state index contributed by atoms with van der Waals surface area (Å²) in [5.41, 5.74) is 8.95. The highest BCUT2D eigenvalue weighted by Crippen LogP contribution is 2.17. The summed E-state index contributed by atoms with van der Waals surface area (Å²) in [5.74, 6) is -0.349. The predicted octanol–water partition coefficient (Wildman–Crippen LogP) is 2.06. The minimum absolute atomic E-state index is 0.349. The zero-order chi connectivity index (χ0) is 15.4. The molecule has 0 aromatic carbocycles. The lowest BCUT2D eigenvalue weighted by molar-refractivity contribution is 0.100. The van der Waals surface area contributed by atoms with E-state index in [4.69, 9.17) is 5.73 Å². The van der Waals surface area contributed by atoms with Crippen LogP contribution in [0.4, 0.5) is 0 Å². The highest BCUT2D eigenvalue weighted by Gasteiger charge is 2.19. The third-order valence-corrected chi connectivity index (χ3v) is 5.53. The van der Waals surface area contributed by atoms with Gasteiger partial charge in [-0.3, -0.25) is 9.69 Å². The van der Waals surface area contributed by atoms with E-state index in [0.717, 1.165) is 39.0 Å². The van der Waals surface area contributed by atoms with E-state index in [0.29, 0.717) is 11.6 Å². The van der Waals surface area contributed by atoms with Crippen molar-refractivity contribution >= 4 is 28.6 Å². The Morgan fingerprint density at radius 3 is 2.86 bits per heavy atom. The molecular weight excluding hydrogens is 316 g/mol. The second-order valence-electron chi connectivity index (χ2n) is 5.58. The number of primary amides is 1. The van der Waals surface area contributed by atoms with Crippen LogP contribution < -0.4 is 11.1 Å². The highest BCUT2D eigenvalue weighted by atomic mass is 32.1. The number of hydrogen-bond acceptors (Lipinski definition) is 6. The quantitative estimate of drug-likeness (QED) is 0.847. The van der Waals surface area contributed by atoms with Gasteiger partial charge in [-0.25, -0.2) is 4.98 Å². The van der Waals surface area contributed by atoms with Gasteiger partial charge in [-0.05, 0) is 18.9 Å². The van der Waals surface area contributed by atoms with Crippen LogP contribution in [0.25, 0.3) is 0 Å². The molecule has 5 nitrogen and oxygen atoms in total. The minimum Gasteiger partial charge on any atom is -0.366 e. The molecule has 1 fully saturated rings. The van der Waals surface area contributed by atoms with Crippen LogP contribution in [0.1, 0.15) is 33.8 Å². The van der Waals surface area contributed by atoms with E-state index >= 15 is 0 Å². The number of rotatable bonds is 6. The van der Waals surface area contributed by atoms with E-state index in [1.807, 2.05) is 17.0 Å². The van der Waals surface area contributed by atoms with Crippen LogP contribution in [0.3, 0.4) is 0 Å². The van der Waals surface area contributed by atoms with Gasteiger partial charge in [-0.2, -0.15) is 0 Å². The molecule has 3 N–H and O–H groups in total. The molecule has 2 aromatic heterocycles. The number of carbonyl (C=O) groups excluding carboxylic acids is 1. The Bertz CT molecular complexity index is 603. The standard InChI is InChI=1S/C15H20N4OS2/c16-15(20)11-5-14(22-8-11)6-17-12-1-3-19(4-2-12)7-13-9-21-10-18-13/h5,8-10,12,17H,1-4,6-7H2,(H2,16,20). The molecule has 3 heterocycles. The Morgan fingerprint density at radius 2 is 2.23 bits per heavy atom. The maximum Gasteiger partial charge on any atom is 0.249 e. The molecular formula is C15H20N4OS2. The van der Waals surface area contributed by atoms with Gasteiger partial charge in [0.05, 0.1) is 16.8 Å². The second kappa shape index (κ2) is 7.32. The van der Waals surface area contributed by atoms with Crippen LogP contribution in [0, 0.1) is 0 Å². The first-order valence-corrected chi connectivity index (χ1v) is 9.23. The average Bonchev–Trinajstić information content (AvgIpc) is 3.18. The van der Waals surface area contributed by atoms with Crippen LogP contribution in [0.2, 0.25) is 0 Å². The number of nitrogens with two attached hydrogens (primary N) is 1. The van der Waals surface area contributed by atoms with Crippen molar-refractivity contribution in [2.75, 3.05) is 13.1 Å². The van der Waals surface area contributed by atoms with Crippen LogP contribution in [0.15, 0.2) is 22.3 Å². The van der Waals surface area contributed by atoms with Crippen LogP contribution in [-0.2, 0) is 13.1 Å². The van der Waals surface area contributed by atoms with Crippen LogP contribution in [0.5, 0.6) is 0 Å². The summed E-state index contributed by atoms with van der Waals surface area (Å²) in [6.45, 7) is 3.98. The topological polar surface area (TPSA) is 71.2 Å². The Hall–Kier alpha value is -1.28. The molecule has 1 amide bonds. The van der Waals surface area contributed by atoms with E-state index < -0.39 is 0 Å². The maximum absolute atomic E-state index is 11.1. The molecule has 0 atom stereocenters. The van der Waals surface area contributed by atoms with Crippen molar-refractivity contribution in [3.63, 3.8) is 0 Å². The van der Waals surface area contributed by atoms with Crippen molar-refractivity contribution in [3.8, 4) is 0 Å². The number of amides is 1. The van der Waals surface area contributed by atoms with Gasteiger partial charge in [0.1, 0.15) is 0 Å². The molecule has 1 saturated heterocycles. The number of nitrogens with zero attached hydrogens (tertiary/aromatic N) is 2. The molecule has 0 bridgehead atoms. The molecule has 0 radical (unpaired) electrons. The van der Waals surface area contributed by atoms with Crippen LogP contribution >= 0.6 is 22.7 Å². The lowest BCUT2D eigenvalue weighted by Gasteiger charge is -2.31. The summed E-state index contributed by atoms with van der Waals surface area (Å²) in [4.78, 5) is 19.1. The minimum atomic E-state index is -0.349. The fourth-order valence-electron chi connectivity index (χ4n) is 2.69. The van der Waals surface area contributed by atoms with Gasteiger partial charge in [-0.1, -0.05) is 0 Å². The fraction of sp³-hybridized carbons (Fsp3) is 0.467. The lowest BCUT2D eigenvalue weighted by atomic mass is 10.0. The molecule has 1 aliphatic heterocycles. The summed E-state index contributed by atoms with van der Waals surface area (Å²) in [5, 5.41) is 7.54. The molecule has 118 valence electrons. The number of hydrogen-bond donors (Lipinski definition) is 2. The number of thiophene rings is 1. The SMILES string of the molecule is NC(=O)c1csc(CNC2CCN(Cc3cscn3)CC2)c1. The zero-order valence-electron chi connectivity index (χ0n) is 12.3. The van der Waals surface area contributed by atoms with Crippen molar-refractivity contribution in [2.45, 2.75) is 32.0 Å². The number of nitrogens with one attached hydrogen (secondary N) is 1. The largest absolute Gasteiger partial charge is 0.366 e. The third-order valence-electron chi connectivity index (χ3n) is 3.96. The van der Waals surface area contributed by atoms with E-state index in [2.05, 4.69) is 20.6 Å². The molecule has 3 rings (SSSR count). The monoisotopic (exact) mass is 336 g/mol. The van der Waals surface area contributed by atoms with E-state index in [1.54, 1.807) is 22.7 Å². The summed E-state index contributed by atoms with van der Waals surface area (Å²) in [6.07, 6.45) is 2.30. The number of aromatic nitrogens is 1. The Morgan fingerprint density at radius 1 is 1.41 bits per heavy atom. The normalized spacial score (nSPS) is 16.9. The first-order valence-electron chi connectivity index (χ1n) is 7.41. The van der Waals surface area contributed by atoms with Crippen molar-refractivity contribution in [3.05, 3.63) is 38.5 Å². The Labute approximate surface area is 138 Å². The van der Waals surface area contributed by atoms with Crippen molar-refractivity contribution in [1.29, 1.82) is 0 Å². The number of thiazole rings is 1. The summed E-state index contributed by atoms with van der Waals surface area (Å²) >= 11 is 3.25. The smallest absolute Gasteiger partial charge is 0.249 e. The van der Waals surface area contributed by atoms with Crippen LogP contribution in [-0.4, -0.2) is 34.9 Å². The third kappa shape index (κ3) is 4.13. The number of piperidine rings is 1. The predicted molar refractivity (Wildman–Crippen MR) is 90.1 cm³/mol. The summed E-state index contributed by atoms with van der Waals surface area (Å²) in [6, 6.07) is 2.43. The molecule has 22 heavy (non-hydrogen) atoms. The van der Waals surface area contributed by atoms with E-state index in [9.17, 15) is 4.79 Å². The number of carbonyl (C=O) groups is 1. The van der Waals surface area contributed by atoms with Gasteiger partial charge < -0.3 is 11.1 Å². The van der Waals surface area contributed by atoms with Crippen molar-refractivity contribution in [2.24, 2.45) is 5.73 Å². The van der Waals surface area contributed by atoms with Gasteiger partial charge in [0.15, 0.2) is 0 Å². The molecule has 7 heteroatoms. The Balaban J connectivity index is 1.41. The molecule has 0 spiro atoms. The van der Waals surface area contributed by atoms with Crippen molar-refractivity contribution < 1.29 is 4.79 Å². The van der Waals surface area contributed by atoms with Gasteiger partial charge in [0.25, 0.3) is 0 Å².